The molecule has 0 amide bonds. The van der Waals surface area contributed by atoms with Crippen molar-refractivity contribution in [1.29, 1.82) is 0 Å². The topological polar surface area (TPSA) is 26.0 Å². The number of rotatable bonds is 1. The minimum Gasteiger partial charge on any atom is -0.326 e. The Balaban J connectivity index is 2.58. The molecular weight excluding hydrogens is 170 g/mol. The zero-order valence-corrected chi connectivity index (χ0v) is 8.88. The van der Waals surface area contributed by atoms with Crippen LogP contribution in [-0.4, -0.2) is 6.54 Å². The van der Waals surface area contributed by atoms with Gasteiger partial charge in [0.15, 0.2) is 0 Å². The van der Waals surface area contributed by atoms with Gasteiger partial charge in [-0.25, -0.2) is 0 Å². The van der Waals surface area contributed by atoms with Gasteiger partial charge in [0, 0.05) is 6.54 Å². The summed E-state index contributed by atoms with van der Waals surface area (Å²) in [6.07, 6.45) is 3.37. The summed E-state index contributed by atoms with van der Waals surface area (Å²) in [6.45, 7) is 5.22. The van der Waals surface area contributed by atoms with Gasteiger partial charge in [0.05, 0.1) is 0 Å². The second-order valence-corrected chi connectivity index (χ2v) is 4.57. The van der Waals surface area contributed by atoms with E-state index >= 15 is 0 Å². The molecule has 1 aliphatic rings. The molecule has 1 aromatic rings. The van der Waals surface area contributed by atoms with Crippen LogP contribution < -0.4 is 5.73 Å². The number of nitrogens with two attached hydrogens (primary N) is 1. The van der Waals surface area contributed by atoms with Gasteiger partial charge < -0.3 is 5.73 Å². The molecule has 0 atom stereocenters. The van der Waals surface area contributed by atoms with Crippen molar-refractivity contribution in [2.75, 3.05) is 6.54 Å². The molecule has 1 aromatic carbocycles. The van der Waals surface area contributed by atoms with Crippen LogP contribution in [0.4, 0.5) is 0 Å². The fourth-order valence-electron chi connectivity index (χ4n) is 2.14. The van der Waals surface area contributed by atoms with Gasteiger partial charge >= 0.3 is 0 Å². The first-order valence-corrected chi connectivity index (χ1v) is 5.14. The zero-order chi connectivity index (χ0) is 10.2. The molecule has 0 fully saturated rings. The lowest BCUT2D eigenvalue weighted by Gasteiger charge is -2.31. The van der Waals surface area contributed by atoms with Crippen molar-refractivity contribution < 1.29 is 0 Å². The number of benzene rings is 1. The third-order valence-corrected chi connectivity index (χ3v) is 3.08. The molecule has 0 bridgehead atoms. The van der Waals surface area contributed by atoms with E-state index in [1.54, 1.807) is 0 Å². The summed E-state index contributed by atoms with van der Waals surface area (Å²) in [5.74, 6) is 0. The van der Waals surface area contributed by atoms with E-state index in [1.807, 2.05) is 0 Å². The monoisotopic (exact) mass is 187 g/mol. The highest BCUT2D eigenvalue weighted by Gasteiger charge is 2.26. The predicted octanol–water partition coefficient (Wildman–Crippen LogP) is 2.71. The van der Waals surface area contributed by atoms with Crippen LogP contribution in [0.15, 0.2) is 30.3 Å². The molecule has 2 rings (SSSR count). The van der Waals surface area contributed by atoms with Gasteiger partial charge in [-0.2, -0.15) is 0 Å². The van der Waals surface area contributed by atoms with Crippen LogP contribution in [0.25, 0.3) is 5.57 Å². The molecule has 14 heavy (non-hydrogen) atoms. The van der Waals surface area contributed by atoms with E-state index in [9.17, 15) is 0 Å². The van der Waals surface area contributed by atoms with E-state index in [0.29, 0.717) is 6.54 Å². The smallest absolute Gasteiger partial charge is 0.0181 e. The molecule has 0 aromatic heterocycles. The first kappa shape index (κ1) is 9.47. The molecule has 0 saturated heterocycles. The Kier molecular flexibility index (Phi) is 2.20. The molecule has 1 aliphatic carbocycles. The Morgan fingerprint density at radius 2 is 2.00 bits per heavy atom. The van der Waals surface area contributed by atoms with Crippen LogP contribution in [-0.2, 0) is 5.41 Å². The zero-order valence-electron chi connectivity index (χ0n) is 8.88. The molecule has 0 heterocycles. The highest BCUT2D eigenvalue weighted by Crippen LogP contribution is 2.37. The van der Waals surface area contributed by atoms with E-state index in [0.717, 1.165) is 6.42 Å². The normalized spacial score (nSPS) is 18.6. The summed E-state index contributed by atoms with van der Waals surface area (Å²) >= 11 is 0. The lowest BCUT2D eigenvalue weighted by Crippen LogP contribution is -2.23. The molecule has 2 N–H and O–H groups in total. The molecule has 74 valence electrons. The Morgan fingerprint density at radius 1 is 1.29 bits per heavy atom. The average Bonchev–Trinajstić information content (AvgIpc) is 2.18. The largest absolute Gasteiger partial charge is 0.326 e. The summed E-state index contributed by atoms with van der Waals surface area (Å²) in [5.41, 5.74) is 10.1. The van der Waals surface area contributed by atoms with Crippen molar-refractivity contribution in [2.24, 2.45) is 5.73 Å². The second kappa shape index (κ2) is 3.25. The molecule has 1 heteroatoms. The first-order valence-electron chi connectivity index (χ1n) is 5.14. The number of fused-ring (bicyclic) bond motifs is 1. The van der Waals surface area contributed by atoms with Crippen LogP contribution in [0.1, 0.15) is 31.4 Å². The van der Waals surface area contributed by atoms with Crippen molar-refractivity contribution in [2.45, 2.75) is 25.7 Å². The number of allylic oxidation sites excluding steroid dienone is 1. The predicted molar refractivity (Wildman–Crippen MR) is 61.1 cm³/mol. The molecule has 1 nitrogen and oxygen atoms in total. The van der Waals surface area contributed by atoms with Crippen LogP contribution in [0, 0.1) is 0 Å². The minimum absolute atomic E-state index is 0.259. The van der Waals surface area contributed by atoms with Crippen molar-refractivity contribution >= 4 is 5.57 Å². The van der Waals surface area contributed by atoms with Crippen molar-refractivity contribution in [1.82, 2.24) is 0 Å². The number of hydrogen-bond donors (Lipinski definition) is 1. The van der Waals surface area contributed by atoms with E-state index < -0.39 is 0 Å². The Hall–Kier alpha value is -1.08. The van der Waals surface area contributed by atoms with Gasteiger partial charge in [-0.3, -0.25) is 0 Å². The van der Waals surface area contributed by atoms with Crippen LogP contribution in [0.5, 0.6) is 0 Å². The minimum atomic E-state index is 0.259. The van der Waals surface area contributed by atoms with E-state index in [-0.39, 0.29) is 5.41 Å². The standard InChI is InChI=1S/C13H17N/c1-13(2)8-7-10(9-14)11-5-3-4-6-12(11)13/h3-7H,8-9,14H2,1-2H3. The molecule has 0 saturated carbocycles. The molecule has 0 aliphatic heterocycles. The fourth-order valence-corrected chi connectivity index (χ4v) is 2.14. The van der Waals surface area contributed by atoms with Gasteiger partial charge in [0.25, 0.3) is 0 Å². The maximum Gasteiger partial charge on any atom is 0.0181 e. The van der Waals surface area contributed by atoms with Crippen LogP contribution in [0.2, 0.25) is 0 Å². The van der Waals surface area contributed by atoms with E-state index in [4.69, 9.17) is 5.73 Å². The third-order valence-electron chi connectivity index (χ3n) is 3.08. The lowest BCUT2D eigenvalue weighted by atomic mass is 9.73. The lowest BCUT2D eigenvalue weighted by molar-refractivity contribution is 0.526. The van der Waals surface area contributed by atoms with E-state index in [1.165, 1.54) is 16.7 Å². The van der Waals surface area contributed by atoms with Crippen LogP contribution in [0.3, 0.4) is 0 Å². The van der Waals surface area contributed by atoms with Gasteiger partial charge in [-0.05, 0) is 28.5 Å². The molecule has 0 radical (unpaired) electrons. The quantitative estimate of drug-likeness (QED) is 0.718. The summed E-state index contributed by atoms with van der Waals surface area (Å²) in [6, 6.07) is 8.59. The summed E-state index contributed by atoms with van der Waals surface area (Å²) in [7, 11) is 0. The SMILES string of the molecule is CC1(C)CC=C(CN)c2ccccc21. The van der Waals surface area contributed by atoms with Crippen molar-refractivity contribution in [3.05, 3.63) is 41.5 Å². The summed E-state index contributed by atoms with van der Waals surface area (Å²) in [4.78, 5) is 0. The number of hydrogen-bond acceptors (Lipinski definition) is 1. The van der Waals surface area contributed by atoms with Crippen molar-refractivity contribution in [3.63, 3.8) is 0 Å². The molecule has 0 unspecified atom stereocenters. The maximum absolute atomic E-state index is 5.74. The molecular formula is C13H17N. The summed E-state index contributed by atoms with van der Waals surface area (Å²) in [5, 5.41) is 0. The van der Waals surface area contributed by atoms with Crippen LogP contribution >= 0.6 is 0 Å². The highest BCUT2D eigenvalue weighted by molar-refractivity contribution is 5.72. The fraction of sp³-hybridized carbons (Fsp3) is 0.385. The van der Waals surface area contributed by atoms with Gasteiger partial charge in [-0.15, -0.1) is 0 Å². The van der Waals surface area contributed by atoms with Gasteiger partial charge in [0.1, 0.15) is 0 Å². The van der Waals surface area contributed by atoms with Crippen molar-refractivity contribution in [3.8, 4) is 0 Å². The van der Waals surface area contributed by atoms with E-state index in [2.05, 4.69) is 44.2 Å². The maximum atomic E-state index is 5.74. The Labute approximate surface area is 85.6 Å². The Bertz CT molecular complexity index is 375. The highest BCUT2D eigenvalue weighted by atomic mass is 14.5. The Morgan fingerprint density at radius 3 is 2.71 bits per heavy atom. The second-order valence-electron chi connectivity index (χ2n) is 4.57. The third kappa shape index (κ3) is 1.38. The molecule has 0 spiro atoms. The summed E-state index contributed by atoms with van der Waals surface area (Å²) < 4.78 is 0. The average molecular weight is 187 g/mol. The van der Waals surface area contributed by atoms with Gasteiger partial charge in [-0.1, -0.05) is 44.2 Å². The van der Waals surface area contributed by atoms with Gasteiger partial charge in [0.2, 0.25) is 0 Å². The first-order chi connectivity index (χ1) is 6.65.